The number of thiocarbonyl (C=S) groups is 1. The Hall–Kier alpha value is -0.803. The number of hydrogen-bond acceptors (Lipinski definition) is 3. The Labute approximate surface area is 142 Å². The van der Waals surface area contributed by atoms with Crippen LogP contribution >= 0.6 is 12.2 Å². The molecule has 1 aliphatic carbocycles. The van der Waals surface area contributed by atoms with Gasteiger partial charge >= 0.3 is 6.09 Å². The summed E-state index contributed by atoms with van der Waals surface area (Å²) >= 11 is 4.85. The van der Waals surface area contributed by atoms with E-state index in [2.05, 4.69) is 5.32 Å². The highest BCUT2D eigenvalue weighted by Gasteiger charge is 2.50. The van der Waals surface area contributed by atoms with E-state index in [0.29, 0.717) is 0 Å². The van der Waals surface area contributed by atoms with Crippen LogP contribution in [0.15, 0.2) is 0 Å². The van der Waals surface area contributed by atoms with Gasteiger partial charge in [0.2, 0.25) is 0 Å². The Morgan fingerprint density at radius 2 is 1.96 bits per heavy atom. The molecule has 0 aliphatic heterocycles. The standard InChI is InChI=1S/C14H26F2N2O3SSi/c1-13(2,3)23(4,5)21-10-8-9(6-7-14(10,15)16)17-11(22)18-12(19)20/h9-10H,6-8H2,1-5H3,(H,19,20)(H2,17,18,22)/t9-,10-/m1/s1. The number of alkyl halides is 2. The highest BCUT2D eigenvalue weighted by Crippen LogP contribution is 2.43. The lowest BCUT2D eigenvalue weighted by molar-refractivity contribution is -0.129. The first kappa shape index (κ1) is 20.2. The zero-order valence-electron chi connectivity index (χ0n) is 14.2. The minimum atomic E-state index is -2.88. The van der Waals surface area contributed by atoms with E-state index in [4.69, 9.17) is 21.8 Å². The Morgan fingerprint density at radius 1 is 1.39 bits per heavy atom. The predicted octanol–water partition coefficient (Wildman–Crippen LogP) is 3.71. The molecule has 3 N–H and O–H groups in total. The molecule has 1 fully saturated rings. The van der Waals surface area contributed by atoms with Gasteiger partial charge in [0.1, 0.15) is 6.10 Å². The molecular formula is C14H26F2N2O3SSi. The molecule has 23 heavy (non-hydrogen) atoms. The smallest absolute Gasteiger partial charge is 0.410 e. The van der Waals surface area contributed by atoms with Gasteiger partial charge in [0, 0.05) is 12.5 Å². The maximum Gasteiger partial charge on any atom is 0.410 e. The summed E-state index contributed by atoms with van der Waals surface area (Å²) in [5.74, 6) is -2.88. The average Bonchev–Trinajstić information content (AvgIpc) is 2.30. The van der Waals surface area contributed by atoms with E-state index in [9.17, 15) is 13.6 Å². The number of halogens is 2. The fourth-order valence-electron chi connectivity index (χ4n) is 2.19. The molecule has 1 rings (SSSR count). The summed E-state index contributed by atoms with van der Waals surface area (Å²) in [5, 5.41) is 13.2. The number of carboxylic acid groups (broad SMARTS) is 1. The molecule has 0 aromatic heterocycles. The first-order chi connectivity index (χ1) is 10.2. The van der Waals surface area contributed by atoms with Crippen molar-refractivity contribution in [3.05, 3.63) is 0 Å². The molecule has 5 nitrogen and oxygen atoms in total. The van der Waals surface area contributed by atoms with E-state index in [1.807, 2.05) is 39.2 Å². The van der Waals surface area contributed by atoms with Crippen LogP contribution in [0, 0.1) is 0 Å². The van der Waals surface area contributed by atoms with Crippen LogP contribution in [0.1, 0.15) is 40.0 Å². The second kappa shape index (κ2) is 6.98. The van der Waals surface area contributed by atoms with E-state index in [1.54, 1.807) is 0 Å². The van der Waals surface area contributed by atoms with Crippen LogP contribution < -0.4 is 10.6 Å². The van der Waals surface area contributed by atoms with Gasteiger partial charge in [-0.25, -0.2) is 13.6 Å². The van der Waals surface area contributed by atoms with Crippen molar-refractivity contribution in [3.63, 3.8) is 0 Å². The van der Waals surface area contributed by atoms with Crippen LogP contribution in [0.3, 0.4) is 0 Å². The van der Waals surface area contributed by atoms with Crippen molar-refractivity contribution in [3.8, 4) is 0 Å². The third kappa shape index (κ3) is 5.65. The van der Waals surface area contributed by atoms with Crippen molar-refractivity contribution in [1.82, 2.24) is 10.6 Å². The molecule has 1 aliphatic rings. The Bertz CT molecular complexity index is 469. The Balaban J connectivity index is 2.76. The largest absolute Gasteiger partial charge is 0.465 e. The monoisotopic (exact) mass is 368 g/mol. The molecule has 0 aromatic rings. The quantitative estimate of drug-likeness (QED) is 0.523. The SMILES string of the molecule is CC(C)(C)[Si](C)(C)O[C@@H]1C[C@H](NC(=S)NC(=O)O)CCC1(F)F. The molecule has 0 unspecified atom stereocenters. The van der Waals surface area contributed by atoms with Gasteiger partial charge in [-0.05, 0) is 43.2 Å². The van der Waals surface area contributed by atoms with E-state index in [0.717, 1.165) is 0 Å². The zero-order chi connectivity index (χ0) is 18.1. The zero-order valence-corrected chi connectivity index (χ0v) is 16.0. The van der Waals surface area contributed by atoms with Gasteiger partial charge in [0.15, 0.2) is 13.4 Å². The summed E-state index contributed by atoms with van der Waals surface area (Å²) in [6, 6.07) is -0.330. The Morgan fingerprint density at radius 3 is 2.43 bits per heavy atom. The van der Waals surface area contributed by atoms with Crippen molar-refractivity contribution in [1.29, 1.82) is 0 Å². The average molecular weight is 369 g/mol. The van der Waals surface area contributed by atoms with Gasteiger partial charge in [-0.3, -0.25) is 5.32 Å². The summed E-state index contributed by atoms with van der Waals surface area (Å²) in [6.45, 7) is 9.89. The van der Waals surface area contributed by atoms with Crippen molar-refractivity contribution in [2.75, 3.05) is 0 Å². The molecule has 1 saturated carbocycles. The van der Waals surface area contributed by atoms with Crippen LogP contribution in [0.4, 0.5) is 13.6 Å². The molecule has 1 amide bonds. The first-order valence-electron chi connectivity index (χ1n) is 7.61. The lowest BCUT2D eigenvalue weighted by atomic mass is 9.90. The molecule has 2 atom stereocenters. The Kier molecular flexibility index (Phi) is 6.14. The van der Waals surface area contributed by atoms with Gasteiger partial charge in [0.25, 0.3) is 5.92 Å². The van der Waals surface area contributed by atoms with Crippen LogP contribution in [-0.4, -0.2) is 42.7 Å². The number of carbonyl (C=O) groups is 1. The van der Waals surface area contributed by atoms with Crippen molar-refractivity contribution < 1.29 is 23.1 Å². The second-order valence-electron chi connectivity index (χ2n) is 7.50. The maximum absolute atomic E-state index is 14.2. The van der Waals surface area contributed by atoms with Gasteiger partial charge in [-0.15, -0.1) is 0 Å². The molecule has 0 saturated heterocycles. The summed E-state index contributed by atoms with van der Waals surface area (Å²) in [4.78, 5) is 10.5. The molecule has 9 heteroatoms. The number of amides is 1. The fraction of sp³-hybridized carbons (Fsp3) is 0.857. The van der Waals surface area contributed by atoms with E-state index >= 15 is 0 Å². The molecule has 134 valence electrons. The van der Waals surface area contributed by atoms with Crippen LogP contribution in [-0.2, 0) is 4.43 Å². The fourth-order valence-corrected chi connectivity index (χ4v) is 3.78. The van der Waals surface area contributed by atoms with Crippen LogP contribution in [0.5, 0.6) is 0 Å². The predicted molar refractivity (Wildman–Crippen MR) is 91.6 cm³/mol. The van der Waals surface area contributed by atoms with Gasteiger partial charge < -0.3 is 14.8 Å². The summed E-state index contributed by atoms with van der Waals surface area (Å²) in [6.07, 6.45) is -2.45. The van der Waals surface area contributed by atoms with Crippen LogP contribution in [0.25, 0.3) is 0 Å². The lowest BCUT2D eigenvalue weighted by Crippen LogP contribution is -2.55. The summed E-state index contributed by atoms with van der Waals surface area (Å²) < 4.78 is 34.4. The van der Waals surface area contributed by atoms with E-state index in [1.165, 1.54) is 0 Å². The third-order valence-electron chi connectivity index (χ3n) is 4.59. The summed E-state index contributed by atoms with van der Waals surface area (Å²) in [7, 11) is -2.33. The highest BCUT2D eigenvalue weighted by atomic mass is 32.1. The first-order valence-corrected chi connectivity index (χ1v) is 10.9. The maximum atomic E-state index is 14.2. The van der Waals surface area contributed by atoms with E-state index < -0.39 is 26.4 Å². The van der Waals surface area contributed by atoms with Crippen molar-refractivity contribution in [2.45, 2.75) is 76.2 Å². The molecule has 0 radical (unpaired) electrons. The number of rotatable bonds is 3. The highest BCUT2D eigenvalue weighted by molar-refractivity contribution is 7.80. The van der Waals surface area contributed by atoms with Gasteiger partial charge in [-0.2, -0.15) is 0 Å². The second-order valence-corrected chi connectivity index (χ2v) is 12.7. The molecule has 0 bridgehead atoms. The van der Waals surface area contributed by atoms with Gasteiger partial charge in [-0.1, -0.05) is 20.8 Å². The van der Waals surface area contributed by atoms with Crippen LogP contribution in [0.2, 0.25) is 18.1 Å². The normalized spacial score (nSPS) is 24.8. The molecule has 0 aromatic carbocycles. The van der Waals surface area contributed by atoms with Crippen molar-refractivity contribution >= 4 is 31.7 Å². The lowest BCUT2D eigenvalue weighted by Gasteiger charge is -2.44. The van der Waals surface area contributed by atoms with E-state index in [-0.39, 0.29) is 35.5 Å². The van der Waals surface area contributed by atoms with Crippen molar-refractivity contribution in [2.24, 2.45) is 0 Å². The molecule has 0 heterocycles. The third-order valence-corrected chi connectivity index (χ3v) is 9.30. The van der Waals surface area contributed by atoms with Gasteiger partial charge in [0.05, 0.1) is 0 Å². The summed E-state index contributed by atoms with van der Waals surface area (Å²) in [5.41, 5.74) is 0. The number of hydrogen-bond donors (Lipinski definition) is 3. The molecular weight excluding hydrogens is 342 g/mol. The number of nitrogens with one attached hydrogen (secondary N) is 2. The molecule has 0 spiro atoms. The minimum absolute atomic E-state index is 0.0706. The minimum Gasteiger partial charge on any atom is -0.465 e. The topological polar surface area (TPSA) is 70.6 Å².